The van der Waals surface area contributed by atoms with Gasteiger partial charge < -0.3 is 0 Å². The van der Waals surface area contributed by atoms with Crippen molar-refractivity contribution in [3.8, 4) is 0 Å². The number of hydrogen-bond donors (Lipinski definition) is 0. The summed E-state index contributed by atoms with van der Waals surface area (Å²) < 4.78 is 1.14. The summed E-state index contributed by atoms with van der Waals surface area (Å²) in [5.74, 6) is 0.567. The maximum absolute atomic E-state index is 3.47. The van der Waals surface area contributed by atoms with Gasteiger partial charge >= 0.3 is 0 Å². The van der Waals surface area contributed by atoms with Crippen LogP contribution in [0.15, 0.2) is 53.0 Å². The SMILES string of the molecule is Cc1ccccc1C(C)Cc1ccc(Br)cc1. The standard InChI is InChI=1S/C16H17Br/c1-12-5-3-4-6-16(12)13(2)11-14-7-9-15(17)10-8-14/h3-10,13H,11H2,1-2H3. The van der Waals surface area contributed by atoms with Crippen LogP contribution in [0, 0.1) is 6.92 Å². The van der Waals surface area contributed by atoms with Crippen LogP contribution in [0.4, 0.5) is 0 Å². The molecule has 0 aromatic heterocycles. The Kier molecular flexibility index (Phi) is 4.01. The van der Waals surface area contributed by atoms with E-state index in [1.165, 1.54) is 16.7 Å². The number of aryl methyl sites for hydroxylation is 1. The van der Waals surface area contributed by atoms with E-state index in [0.717, 1.165) is 10.9 Å². The summed E-state index contributed by atoms with van der Waals surface area (Å²) >= 11 is 3.47. The molecule has 0 aliphatic rings. The molecule has 0 aliphatic carbocycles. The van der Waals surface area contributed by atoms with Crippen LogP contribution >= 0.6 is 15.9 Å². The predicted octanol–water partition coefficient (Wildman–Crippen LogP) is 5.10. The average Bonchev–Trinajstić information content (AvgIpc) is 2.32. The van der Waals surface area contributed by atoms with Gasteiger partial charge in [0.2, 0.25) is 0 Å². The Hall–Kier alpha value is -1.08. The molecule has 0 fully saturated rings. The predicted molar refractivity (Wildman–Crippen MR) is 77.4 cm³/mol. The molecule has 0 heterocycles. The first-order chi connectivity index (χ1) is 8.16. The highest BCUT2D eigenvalue weighted by molar-refractivity contribution is 9.10. The van der Waals surface area contributed by atoms with Crippen molar-refractivity contribution in [2.75, 3.05) is 0 Å². The molecule has 17 heavy (non-hydrogen) atoms. The van der Waals surface area contributed by atoms with Gasteiger partial charge in [-0.25, -0.2) is 0 Å². The minimum absolute atomic E-state index is 0.567. The lowest BCUT2D eigenvalue weighted by atomic mass is 9.91. The molecule has 0 nitrogen and oxygen atoms in total. The molecule has 0 N–H and O–H groups in total. The smallest absolute Gasteiger partial charge is 0.0175 e. The van der Waals surface area contributed by atoms with Gasteiger partial charge in [0.15, 0.2) is 0 Å². The molecule has 0 saturated heterocycles. The topological polar surface area (TPSA) is 0 Å². The Morgan fingerprint density at radius 2 is 1.65 bits per heavy atom. The lowest BCUT2D eigenvalue weighted by Crippen LogP contribution is -2.00. The molecule has 0 amide bonds. The average molecular weight is 289 g/mol. The summed E-state index contributed by atoms with van der Waals surface area (Å²) in [4.78, 5) is 0. The van der Waals surface area contributed by atoms with E-state index in [-0.39, 0.29) is 0 Å². The van der Waals surface area contributed by atoms with Crippen molar-refractivity contribution >= 4 is 15.9 Å². The molecule has 2 aromatic carbocycles. The van der Waals surface area contributed by atoms with Gasteiger partial charge in [0, 0.05) is 4.47 Å². The maximum atomic E-state index is 3.47. The molecule has 1 atom stereocenters. The second-order valence-electron chi connectivity index (χ2n) is 4.59. The fraction of sp³-hybridized carbons (Fsp3) is 0.250. The number of halogens is 1. The van der Waals surface area contributed by atoms with E-state index in [4.69, 9.17) is 0 Å². The second kappa shape index (κ2) is 5.50. The van der Waals surface area contributed by atoms with Crippen molar-refractivity contribution in [2.24, 2.45) is 0 Å². The first-order valence-electron chi connectivity index (χ1n) is 5.97. The van der Waals surface area contributed by atoms with Crippen LogP contribution in [0.3, 0.4) is 0 Å². The Bertz CT molecular complexity index is 485. The number of benzene rings is 2. The first kappa shape index (κ1) is 12.4. The monoisotopic (exact) mass is 288 g/mol. The van der Waals surface area contributed by atoms with Crippen LogP contribution in [0.5, 0.6) is 0 Å². The van der Waals surface area contributed by atoms with Crippen molar-refractivity contribution in [3.05, 3.63) is 69.7 Å². The van der Waals surface area contributed by atoms with Gasteiger partial charge in [0.05, 0.1) is 0 Å². The van der Waals surface area contributed by atoms with Crippen molar-refractivity contribution < 1.29 is 0 Å². The molecule has 0 saturated carbocycles. The molecule has 0 radical (unpaired) electrons. The van der Waals surface area contributed by atoms with Gasteiger partial charge in [0.25, 0.3) is 0 Å². The summed E-state index contributed by atoms with van der Waals surface area (Å²) in [6.07, 6.45) is 1.10. The summed E-state index contributed by atoms with van der Waals surface area (Å²) in [5, 5.41) is 0. The van der Waals surface area contributed by atoms with Gasteiger partial charge in [-0.2, -0.15) is 0 Å². The van der Waals surface area contributed by atoms with E-state index in [1.807, 2.05) is 0 Å². The molecule has 0 spiro atoms. The van der Waals surface area contributed by atoms with Gasteiger partial charge in [-0.15, -0.1) is 0 Å². The van der Waals surface area contributed by atoms with Crippen LogP contribution in [-0.2, 0) is 6.42 Å². The fourth-order valence-electron chi connectivity index (χ4n) is 2.22. The Balaban J connectivity index is 2.14. The highest BCUT2D eigenvalue weighted by atomic mass is 79.9. The first-order valence-corrected chi connectivity index (χ1v) is 6.76. The highest BCUT2D eigenvalue weighted by Crippen LogP contribution is 2.23. The molecule has 2 rings (SSSR count). The summed E-state index contributed by atoms with van der Waals surface area (Å²) in [6, 6.07) is 17.3. The van der Waals surface area contributed by atoms with E-state index in [9.17, 15) is 0 Å². The van der Waals surface area contributed by atoms with E-state index in [1.54, 1.807) is 0 Å². The van der Waals surface area contributed by atoms with Crippen LogP contribution in [0.1, 0.15) is 29.5 Å². The van der Waals surface area contributed by atoms with Gasteiger partial charge in [-0.1, -0.05) is 59.3 Å². The molecule has 0 aliphatic heterocycles. The van der Waals surface area contributed by atoms with Gasteiger partial charge in [0.1, 0.15) is 0 Å². The Labute approximate surface area is 112 Å². The highest BCUT2D eigenvalue weighted by Gasteiger charge is 2.08. The van der Waals surface area contributed by atoms with Crippen molar-refractivity contribution in [1.29, 1.82) is 0 Å². The molecule has 88 valence electrons. The Morgan fingerprint density at radius 1 is 1.00 bits per heavy atom. The zero-order valence-electron chi connectivity index (χ0n) is 10.3. The normalized spacial score (nSPS) is 12.4. The summed E-state index contributed by atoms with van der Waals surface area (Å²) in [5.41, 5.74) is 4.23. The second-order valence-corrected chi connectivity index (χ2v) is 5.50. The van der Waals surface area contributed by atoms with Gasteiger partial charge in [-0.3, -0.25) is 0 Å². The number of hydrogen-bond acceptors (Lipinski definition) is 0. The summed E-state index contributed by atoms with van der Waals surface area (Å²) in [6.45, 7) is 4.48. The zero-order chi connectivity index (χ0) is 12.3. The van der Waals surface area contributed by atoms with Crippen LogP contribution in [0.25, 0.3) is 0 Å². The minimum atomic E-state index is 0.567. The molecular weight excluding hydrogens is 272 g/mol. The lowest BCUT2D eigenvalue weighted by Gasteiger charge is -2.14. The van der Waals surface area contributed by atoms with Crippen molar-refractivity contribution in [2.45, 2.75) is 26.2 Å². The number of rotatable bonds is 3. The third-order valence-electron chi connectivity index (χ3n) is 3.17. The van der Waals surface area contributed by atoms with E-state index in [0.29, 0.717) is 5.92 Å². The van der Waals surface area contributed by atoms with Gasteiger partial charge in [-0.05, 0) is 48.1 Å². The molecule has 1 unspecified atom stereocenters. The van der Waals surface area contributed by atoms with E-state index < -0.39 is 0 Å². The fourth-order valence-corrected chi connectivity index (χ4v) is 2.49. The maximum Gasteiger partial charge on any atom is 0.0175 e. The molecule has 0 bridgehead atoms. The van der Waals surface area contributed by atoms with Crippen LogP contribution < -0.4 is 0 Å². The third-order valence-corrected chi connectivity index (χ3v) is 3.70. The van der Waals surface area contributed by atoms with E-state index in [2.05, 4.69) is 78.3 Å². The minimum Gasteiger partial charge on any atom is -0.0620 e. The van der Waals surface area contributed by atoms with Crippen LogP contribution in [0.2, 0.25) is 0 Å². The third kappa shape index (κ3) is 3.19. The Morgan fingerprint density at radius 3 is 2.29 bits per heavy atom. The van der Waals surface area contributed by atoms with E-state index >= 15 is 0 Å². The summed E-state index contributed by atoms with van der Waals surface area (Å²) in [7, 11) is 0. The quantitative estimate of drug-likeness (QED) is 0.737. The lowest BCUT2D eigenvalue weighted by molar-refractivity contribution is 0.753. The van der Waals surface area contributed by atoms with Crippen molar-refractivity contribution in [3.63, 3.8) is 0 Å². The largest absolute Gasteiger partial charge is 0.0620 e. The zero-order valence-corrected chi connectivity index (χ0v) is 11.9. The molecular formula is C16H17Br. The molecule has 1 heteroatoms. The molecule has 2 aromatic rings. The van der Waals surface area contributed by atoms with Crippen LogP contribution in [-0.4, -0.2) is 0 Å². The van der Waals surface area contributed by atoms with Crippen molar-refractivity contribution in [1.82, 2.24) is 0 Å².